The van der Waals surface area contributed by atoms with Gasteiger partial charge in [0.15, 0.2) is 0 Å². The zero-order chi connectivity index (χ0) is 17.2. The molecule has 1 aliphatic heterocycles. The fourth-order valence-electron chi connectivity index (χ4n) is 3.21. The van der Waals surface area contributed by atoms with E-state index in [0.717, 1.165) is 38.3 Å². The number of rotatable bonds is 5. The van der Waals surface area contributed by atoms with Crippen LogP contribution in [-0.2, 0) is 23.9 Å². The van der Waals surface area contributed by atoms with Crippen molar-refractivity contribution in [3.8, 4) is 0 Å². The number of hydrogen-bond acceptors (Lipinski definition) is 4. The zero-order valence-corrected chi connectivity index (χ0v) is 15.5. The summed E-state index contributed by atoms with van der Waals surface area (Å²) in [7, 11) is 2.02. The van der Waals surface area contributed by atoms with E-state index in [2.05, 4.69) is 45.1 Å². The van der Waals surface area contributed by atoms with Gasteiger partial charge in [-0.15, -0.1) is 11.3 Å². The van der Waals surface area contributed by atoms with Gasteiger partial charge < -0.3 is 9.88 Å². The molecule has 0 radical (unpaired) electrons. The second kappa shape index (κ2) is 7.07. The van der Waals surface area contributed by atoms with E-state index in [1.165, 1.54) is 4.88 Å². The van der Waals surface area contributed by atoms with Gasteiger partial charge in [-0.1, -0.05) is 6.07 Å². The summed E-state index contributed by atoms with van der Waals surface area (Å²) in [5.41, 5.74) is -0.296. The van der Waals surface area contributed by atoms with Gasteiger partial charge in [-0.05, 0) is 51.2 Å². The number of imidazole rings is 1. The maximum absolute atomic E-state index is 12.6. The Morgan fingerprint density at radius 2 is 2.17 bits per heavy atom. The number of nitrogens with one attached hydrogen (secondary N) is 1. The van der Waals surface area contributed by atoms with E-state index in [-0.39, 0.29) is 17.4 Å². The average molecular weight is 347 g/mol. The molecular weight excluding hydrogens is 320 g/mol. The molecule has 3 heterocycles. The smallest absolute Gasteiger partial charge is 0.223 e. The van der Waals surface area contributed by atoms with Crippen LogP contribution in [0.3, 0.4) is 0 Å². The minimum absolute atomic E-state index is 0.113. The SMILES string of the molecule is Cn1ccnc1CN1CCC(C(=O)NC(C)(C)c2cccs2)CC1. The first-order chi connectivity index (χ1) is 11.5. The summed E-state index contributed by atoms with van der Waals surface area (Å²) in [6.45, 7) is 6.91. The highest BCUT2D eigenvalue weighted by atomic mass is 32.1. The highest BCUT2D eigenvalue weighted by Gasteiger charge is 2.30. The summed E-state index contributed by atoms with van der Waals surface area (Å²) < 4.78 is 2.06. The third-order valence-corrected chi connectivity index (χ3v) is 6.01. The lowest BCUT2D eigenvalue weighted by atomic mass is 9.93. The fraction of sp³-hybridized carbons (Fsp3) is 0.556. The molecule has 1 amide bonds. The van der Waals surface area contributed by atoms with Crippen LogP contribution < -0.4 is 5.32 Å². The molecule has 24 heavy (non-hydrogen) atoms. The lowest BCUT2D eigenvalue weighted by Gasteiger charge is -2.33. The van der Waals surface area contributed by atoms with Crippen LogP contribution in [0.5, 0.6) is 0 Å². The molecule has 0 bridgehead atoms. The number of hydrogen-bond donors (Lipinski definition) is 1. The summed E-state index contributed by atoms with van der Waals surface area (Å²) in [5.74, 6) is 1.38. The summed E-state index contributed by atoms with van der Waals surface area (Å²) in [4.78, 5) is 20.6. The van der Waals surface area contributed by atoms with Crippen LogP contribution in [-0.4, -0.2) is 33.4 Å². The van der Waals surface area contributed by atoms with E-state index in [1.807, 2.05) is 25.5 Å². The monoisotopic (exact) mass is 346 g/mol. The van der Waals surface area contributed by atoms with E-state index in [1.54, 1.807) is 11.3 Å². The molecule has 1 saturated heterocycles. The van der Waals surface area contributed by atoms with Crippen molar-refractivity contribution < 1.29 is 4.79 Å². The molecule has 0 spiro atoms. The third-order valence-electron chi connectivity index (χ3n) is 4.82. The van der Waals surface area contributed by atoms with Gasteiger partial charge in [0.05, 0.1) is 12.1 Å². The van der Waals surface area contributed by atoms with Crippen molar-refractivity contribution in [3.05, 3.63) is 40.6 Å². The van der Waals surface area contributed by atoms with Crippen molar-refractivity contribution >= 4 is 17.2 Å². The molecule has 1 N–H and O–H groups in total. The maximum Gasteiger partial charge on any atom is 0.223 e. The molecule has 6 heteroatoms. The molecule has 0 atom stereocenters. The predicted octanol–water partition coefficient (Wildman–Crippen LogP) is 2.75. The van der Waals surface area contributed by atoms with Crippen molar-refractivity contribution in [1.29, 1.82) is 0 Å². The fourth-order valence-corrected chi connectivity index (χ4v) is 4.01. The second-order valence-corrected chi connectivity index (χ2v) is 8.04. The number of thiophene rings is 1. The number of aryl methyl sites for hydroxylation is 1. The van der Waals surface area contributed by atoms with Gasteiger partial charge in [0.25, 0.3) is 0 Å². The molecule has 5 nitrogen and oxygen atoms in total. The van der Waals surface area contributed by atoms with Gasteiger partial charge in [-0.2, -0.15) is 0 Å². The Kier molecular flexibility index (Phi) is 5.06. The maximum atomic E-state index is 12.6. The molecule has 130 valence electrons. The van der Waals surface area contributed by atoms with Crippen molar-refractivity contribution in [1.82, 2.24) is 19.8 Å². The third kappa shape index (κ3) is 3.87. The second-order valence-electron chi connectivity index (χ2n) is 7.10. The number of piperidine rings is 1. The van der Waals surface area contributed by atoms with E-state index < -0.39 is 0 Å². The first-order valence-electron chi connectivity index (χ1n) is 8.50. The molecule has 0 unspecified atom stereocenters. The largest absolute Gasteiger partial charge is 0.346 e. The lowest BCUT2D eigenvalue weighted by molar-refractivity contribution is -0.128. The van der Waals surface area contributed by atoms with Gasteiger partial charge >= 0.3 is 0 Å². The van der Waals surface area contributed by atoms with Crippen LogP contribution in [0.15, 0.2) is 29.9 Å². The Morgan fingerprint density at radius 3 is 2.75 bits per heavy atom. The highest BCUT2D eigenvalue weighted by Crippen LogP contribution is 2.26. The number of carbonyl (C=O) groups is 1. The van der Waals surface area contributed by atoms with Crippen molar-refractivity contribution in [2.75, 3.05) is 13.1 Å². The molecule has 0 aromatic carbocycles. The standard InChI is InChI=1S/C18H26N4OS/c1-18(2,15-5-4-12-24-15)20-17(23)14-6-9-22(10-7-14)13-16-19-8-11-21(16)3/h4-5,8,11-12,14H,6-7,9-10,13H2,1-3H3,(H,20,23). The Labute approximate surface area is 147 Å². The van der Waals surface area contributed by atoms with Crippen molar-refractivity contribution in [3.63, 3.8) is 0 Å². The van der Waals surface area contributed by atoms with Crippen LogP contribution in [0, 0.1) is 5.92 Å². The minimum atomic E-state index is -0.296. The first kappa shape index (κ1) is 17.2. The molecule has 1 aliphatic rings. The Morgan fingerprint density at radius 1 is 1.42 bits per heavy atom. The van der Waals surface area contributed by atoms with E-state index in [9.17, 15) is 4.79 Å². The van der Waals surface area contributed by atoms with Crippen molar-refractivity contribution in [2.24, 2.45) is 13.0 Å². The zero-order valence-electron chi connectivity index (χ0n) is 14.7. The number of amides is 1. The van der Waals surface area contributed by atoms with Gasteiger partial charge in [0, 0.05) is 30.2 Å². The average Bonchev–Trinajstić information content (AvgIpc) is 3.20. The van der Waals surface area contributed by atoms with Gasteiger partial charge in [-0.25, -0.2) is 4.98 Å². The normalized spacial score (nSPS) is 17.1. The van der Waals surface area contributed by atoms with E-state index in [4.69, 9.17) is 0 Å². The van der Waals surface area contributed by atoms with Crippen LogP contribution in [0.1, 0.15) is 37.4 Å². The number of carbonyl (C=O) groups excluding carboxylic acids is 1. The minimum Gasteiger partial charge on any atom is -0.346 e. The molecule has 2 aromatic heterocycles. The van der Waals surface area contributed by atoms with E-state index in [0.29, 0.717) is 0 Å². The Balaban J connectivity index is 1.51. The molecule has 2 aromatic rings. The number of nitrogens with zero attached hydrogens (tertiary/aromatic N) is 3. The summed E-state index contributed by atoms with van der Waals surface area (Å²) in [5, 5.41) is 5.29. The number of likely N-dealkylation sites (tertiary alicyclic amines) is 1. The molecule has 1 fully saturated rings. The highest BCUT2D eigenvalue weighted by molar-refractivity contribution is 7.10. The van der Waals surface area contributed by atoms with Crippen molar-refractivity contribution in [2.45, 2.75) is 38.8 Å². The first-order valence-corrected chi connectivity index (χ1v) is 9.38. The Hall–Kier alpha value is -1.66. The van der Waals surface area contributed by atoms with Gasteiger partial charge in [-0.3, -0.25) is 9.69 Å². The van der Waals surface area contributed by atoms with Crippen LogP contribution >= 0.6 is 11.3 Å². The van der Waals surface area contributed by atoms with E-state index >= 15 is 0 Å². The number of aromatic nitrogens is 2. The molecule has 0 aliphatic carbocycles. The lowest BCUT2D eigenvalue weighted by Crippen LogP contribution is -2.46. The topological polar surface area (TPSA) is 50.2 Å². The Bertz CT molecular complexity index is 669. The quantitative estimate of drug-likeness (QED) is 0.906. The summed E-state index contributed by atoms with van der Waals surface area (Å²) in [6, 6.07) is 4.12. The van der Waals surface area contributed by atoms with Crippen LogP contribution in [0.4, 0.5) is 0 Å². The van der Waals surface area contributed by atoms with Gasteiger partial charge in [0.1, 0.15) is 5.82 Å². The summed E-state index contributed by atoms with van der Waals surface area (Å²) >= 11 is 1.69. The molecule has 3 rings (SSSR count). The summed E-state index contributed by atoms with van der Waals surface area (Å²) in [6.07, 6.45) is 5.64. The molecule has 0 saturated carbocycles. The predicted molar refractivity (Wildman–Crippen MR) is 96.7 cm³/mol. The van der Waals surface area contributed by atoms with Crippen LogP contribution in [0.2, 0.25) is 0 Å². The van der Waals surface area contributed by atoms with Gasteiger partial charge in [0.2, 0.25) is 5.91 Å². The van der Waals surface area contributed by atoms with Crippen LogP contribution in [0.25, 0.3) is 0 Å². The molecular formula is C18H26N4OS.